The zero-order valence-corrected chi connectivity index (χ0v) is 18.1. The summed E-state index contributed by atoms with van der Waals surface area (Å²) in [5.74, 6) is 0.929. The van der Waals surface area contributed by atoms with Crippen LogP contribution >= 0.6 is 51.1 Å². The van der Waals surface area contributed by atoms with Crippen LogP contribution in [0.2, 0.25) is 0 Å². The van der Waals surface area contributed by atoms with Crippen LogP contribution < -0.4 is 0 Å². The molecule has 0 saturated carbocycles. The van der Waals surface area contributed by atoms with E-state index in [2.05, 4.69) is 81.0 Å². The molecule has 2 radical (unpaired) electrons. The lowest BCUT2D eigenvalue weighted by Gasteiger charge is -2.46. The Morgan fingerprint density at radius 2 is 2.08 bits per heavy atom. The van der Waals surface area contributed by atoms with Gasteiger partial charge in [-0.25, -0.2) is 0 Å². The van der Waals surface area contributed by atoms with Crippen LogP contribution in [0, 0.1) is 0 Å². The van der Waals surface area contributed by atoms with Crippen molar-refractivity contribution in [2.24, 2.45) is 0 Å². The van der Waals surface area contributed by atoms with Crippen LogP contribution in [0.15, 0.2) is 65.0 Å². The Labute approximate surface area is 176 Å². The number of hydrogen-bond donors (Lipinski definition) is 1. The fraction of sp³-hybridized carbons (Fsp3) is 0.300. The van der Waals surface area contributed by atoms with Crippen molar-refractivity contribution < 1.29 is 4.74 Å². The second-order valence-electron chi connectivity index (χ2n) is 7.04. The first-order chi connectivity index (χ1) is 11.9. The minimum absolute atomic E-state index is 0.161. The number of hydrogen-bond acceptors (Lipinski definition) is 2. The summed E-state index contributed by atoms with van der Waals surface area (Å²) >= 11 is 11.2. The summed E-state index contributed by atoms with van der Waals surface area (Å²) in [6.45, 7) is 0. The summed E-state index contributed by atoms with van der Waals surface area (Å²) in [5, 5.41) is 0. The van der Waals surface area contributed by atoms with Crippen molar-refractivity contribution in [3.05, 3.63) is 76.1 Å². The van der Waals surface area contributed by atoms with Crippen LogP contribution in [0.5, 0.6) is 0 Å². The number of rotatable bonds is 0. The predicted octanol–water partition coefficient (Wildman–Crippen LogP) is 5.26. The third kappa shape index (κ3) is 2.27. The molecule has 5 heteroatoms. The van der Waals surface area contributed by atoms with E-state index in [1.54, 1.807) is 0 Å². The largest absolute Gasteiger partial charge is 0.485 e. The average molecular weight is 521 g/mol. The van der Waals surface area contributed by atoms with Gasteiger partial charge in [0.2, 0.25) is 0 Å². The van der Waals surface area contributed by atoms with Crippen molar-refractivity contribution in [1.82, 2.24) is 0 Å². The van der Waals surface area contributed by atoms with Crippen molar-refractivity contribution in [2.45, 2.75) is 32.3 Å². The van der Waals surface area contributed by atoms with E-state index >= 15 is 0 Å². The van der Waals surface area contributed by atoms with E-state index in [9.17, 15) is 0 Å². The van der Waals surface area contributed by atoms with Gasteiger partial charge in [0.05, 0.1) is 8.67 Å². The highest BCUT2D eigenvalue weighted by molar-refractivity contribution is 14.1. The molecule has 0 aromatic heterocycles. The van der Waals surface area contributed by atoms with Crippen molar-refractivity contribution in [3.8, 4) is 0 Å². The van der Waals surface area contributed by atoms with Gasteiger partial charge in [-0.2, -0.15) is 12.6 Å². The Bertz CT molecular complexity index is 929. The van der Waals surface area contributed by atoms with Crippen LogP contribution in [-0.4, -0.2) is 20.9 Å². The number of allylic oxidation sites excluding steroid dienone is 6. The molecule has 1 aromatic rings. The SMILES string of the molecule is [B]C1(Br)OC2=C(CC1I)C1=C(c3ccccc3C1)C1(S)CC=CC=C21. The number of alkyl halides is 2. The van der Waals surface area contributed by atoms with Gasteiger partial charge in [-0.3, -0.25) is 0 Å². The van der Waals surface area contributed by atoms with Crippen molar-refractivity contribution in [1.29, 1.82) is 0 Å². The van der Waals surface area contributed by atoms with Crippen molar-refractivity contribution >= 4 is 64.6 Å². The molecule has 0 amide bonds. The van der Waals surface area contributed by atoms with E-state index in [1.807, 2.05) is 0 Å². The Morgan fingerprint density at radius 1 is 1.28 bits per heavy atom. The van der Waals surface area contributed by atoms with Gasteiger partial charge in [0.25, 0.3) is 0 Å². The van der Waals surface area contributed by atoms with Gasteiger partial charge in [-0.15, -0.1) is 0 Å². The molecule has 1 heterocycles. The second-order valence-corrected chi connectivity index (χ2v) is 10.5. The highest BCUT2D eigenvalue weighted by atomic mass is 127. The molecule has 1 aliphatic heterocycles. The van der Waals surface area contributed by atoms with E-state index in [-0.39, 0.29) is 8.67 Å². The maximum atomic E-state index is 6.38. The topological polar surface area (TPSA) is 9.23 Å². The zero-order chi connectivity index (χ0) is 17.4. The van der Waals surface area contributed by atoms with Crippen LogP contribution in [0.3, 0.4) is 0 Å². The van der Waals surface area contributed by atoms with Crippen LogP contribution in [0.1, 0.15) is 24.0 Å². The minimum atomic E-state index is -0.841. The molecule has 0 saturated heterocycles. The molecular weight excluding hydrogens is 506 g/mol. The average Bonchev–Trinajstić information content (AvgIpc) is 2.97. The molecule has 5 rings (SSSR count). The fourth-order valence-electron chi connectivity index (χ4n) is 4.41. The highest BCUT2D eigenvalue weighted by Crippen LogP contribution is 2.60. The molecule has 3 unspecified atom stereocenters. The van der Waals surface area contributed by atoms with Crippen LogP contribution in [0.4, 0.5) is 0 Å². The first-order valence-electron chi connectivity index (χ1n) is 8.38. The summed E-state index contributed by atoms with van der Waals surface area (Å²) in [5.41, 5.74) is 7.93. The lowest BCUT2D eigenvalue weighted by Crippen LogP contribution is -2.44. The molecule has 25 heavy (non-hydrogen) atoms. The van der Waals surface area contributed by atoms with Crippen LogP contribution in [-0.2, 0) is 11.2 Å². The molecule has 0 spiro atoms. The van der Waals surface area contributed by atoms with E-state index < -0.39 is 4.41 Å². The highest BCUT2D eigenvalue weighted by Gasteiger charge is 2.51. The molecule has 0 N–H and O–H groups in total. The lowest BCUT2D eigenvalue weighted by molar-refractivity contribution is 0.146. The number of halogens is 2. The normalized spacial score (nSPS) is 35.5. The number of benzene rings is 1. The third-order valence-corrected chi connectivity index (χ3v) is 9.16. The first kappa shape index (κ1) is 16.8. The Kier molecular flexibility index (Phi) is 3.72. The van der Waals surface area contributed by atoms with Crippen molar-refractivity contribution in [3.63, 3.8) is 0 Å². The summed E-state index contributed by atoms with van der Waals surface area (Å²) in [6, 6.07) is 8.72. The summed E-state index contributed by atoms with van der Waals surface area (Å²) in [7, 11) is 6.38. The quantitative estimate of drug-likeness (QED) is 0.212. The standard InChI is InChI=1S/C20H15BBrIOS/c21-20(22)16(23)10-14-13-9-11-5-1-2-6-12(11)17(13)19(25)8-4-3-7-15(19)18(14)24-20/h1-7,16,25H,8-10H2. The van der Waals surface area contributed by atoms with Gasteiger partial charge in [0.1, 0.15) is 18.0 Å². The molecule has 1 aromatic carbocycles. The predicted molar refractivity (Wildman–Crippen MR) is 119 cm³/mol. The summed E-state index contributed by atoms with van der Waals surface area (Å²) in [6.07, 6.45) is 9.16. The van der Waals surface area contributed by atoms with E-state index in [0.29, 0.717) is 0 Å². The smallest absolute Gasteiger partial charge is 0.149 e. The summed E-state index contributed by atoms with van der Waals surface area (Å²) < 4.78 is 5.28. The van der Waals surface area contributed by atoms with E-state index in [0.717, 1.165) is 30.6 Å². The fourth-order valence-corrected chi connectivity index (χ4v) is 5.84. The molecule has 0 fully saturated rings. The monoisotopic (exact) mass is 520 g/mol. The van der Waals surface area contributed by atoms with E-state index in [4.69, 9.17) is 25.2 Å². The second kappa shape index (κ2) is 5.55. The lowest BCUT2D eigenvalue weighted by atomic mass is 9.71. The van der Waals surface area contributed by atoms with Gasteiger partial charge < -0.3 is 4.74 Å². The molecule has 3 atom stereocenters. The van der Waals surface area contributed by atoms with Gasteiger partial charge in [-0.1, -0.05) is 81.0 Å². The van der Waals surface area contributed by atoms with Crippen LogP contribution in [0.25, 0.3) is 5.57 Å². The molecule has 4 aliphatic rings. The Hall–Kier alpha value is -0.395. The number of fused-ring (bicyclic) bond motifs is 6. The molecular formula is C20H15BBrIOS. The van der Waals surface area contributed by atoms with Gasteiger partial charge in [-0.05, 0) is 47.1 Å². The van der Waals surface area contributed by atoms with Gasteiger partial charge in [0, 0.05) is 5.57 Å². The molecule has 124 valence electrons. The third-order valence-electron chi connectivity index (χ3n) is 5.58. The zero-order valence-electron chi connectivity index (χ0n) is 13.4. The molecule has 3 aliphatic carbocycles. The maximum absolute atomic E-state index is 6.38. The number of thiol groups is 1. The molecule has 0 bridgehead atoms. The summed E-state index contributed by atoms with van der Waals surface area (Å²) in [4.78, 5) is 0. The molecule has 1 nitrogen and oxygen atoms in total. The Balaban J connectivity index is 1.79. The first-order valence-corrected chi connectivity index (χ1v) is 10.9. The van der Waals surface area contributed by atoms with E-state index in [1.165, 1.54) is 27.8 Å². The maximum Gasteiger partial charge on any atom is 0.149 e. The minimum Gasteiger partial charge on any atom is -0.485 e. The Morgan fingerprint density at radius 3 is 2.92 bits per heavy atom. The van der Waals surface area contributed by atoms with Crippen molar-refractivity contribution in [2.75, 3.05) is 0 Å². The van der Waals surface area contributed by atoms with Gasteiger partial charge >= 0.3 is 0 Å². The van der Waals surface area contributed by atoms with Gasteiger partial charge in [0.15, 0.2) is 0 Å². The number of ether oxygens (including phenoxy) is 1.